The molecule has 2 atom stereocenters. The van der Waals surface area contributed by atoms with E-state index in [-0.39, 0.29) is 12.0 Å². The molecule has 0 aromatic heterocycles. The maximum atomic E-state index is 11.2. The van der Waals surface area contributed by atoms with Crippen molar-refractivity contribution < 1.29 is 14.6 Å². The molecule has 2 unspecified atom stereocenters. The summed E-state index contributed by atoms with van der Waals surface area (Å²) < 4.78 is 4.84. The summed E-state index contributed by atoms with van der Waals surface area (Å²) in [4.78, 5) is 13.0. The lowest BCUT2D eigenvalue weighted by atomic mass is 10.2. The standard InChI is InChI=1S/C9H19NO3/c1-5-13-9(12)8(3)10(4)6-7(2)11/h7-8,11H,5-6H2,1-4H3. The molecule has 0 aromatic carbocycles. The molecule has 0 saturated carbocycles. The number of carbonyl (C=O) groups excluding carboxylic acids is 1. The fourth-order valence-corrected chi connectivity index (χ4v) is 1.02. The van der Waals surface area contributed by atoms with Crippen molar-refractivity contribution in [3.8, 4) is 0 Å². The van der Waals surface area contributed by atoms with Gasteiger partial charge in [0.1, 0.15) is 6.04 Å². The maximum absolute atomic E-state index is 11.2. The molecule has 0 saturated heterocycles. The van der Waals surface area contributed by atoms with E-state index in [0.29, 0.717) is 13.2 Å². The molecule has 4 heteroatoms. The van der Waals surface area contributed by atoms with Gasteiger partial charge in [-0.3, -0.25) is 9.69 Å². The third kappa shape index (κ3) is 4.85. The van der Waals surface area contributed by atoms with Crippen LogP contribution in [0.2, 0.25) is 0 Å². The molecular weight excluding hydrogens is 170 g/mol. The minimum atomic E-state index is -0.429. The van der Waals surface area contributed by atoms with Crippen LogP contribution >= 0.6 is 0 Å². The van der Waals surface area contributed by atoms with Crippen molar-refractivity contribution in [3.63, 3.8) is 0 Å². The fraction of sp³-hybridized carbons (Fsp3) is 0.889. The largest absolute Gasteiger partial charge is 0.465 e. The van der Waals surface area contributed by atoms with Gasteiger partial charge in [0.2, 0.25) is 0 Å². The van der Waals surface area contributed by atoms with Crippen LogP contribution in [-0.2, 0) is 9.53 Å². The Hall–Kier alpha value is -0.610. The summed E-state index contributed by atoms with van der Waals surface area (Å²) in [5.74, 6) is -0.245. The quantitative estimate of drug-likeness (QED) is 0.630. The van der Waals surface area contributed by atoms with Crippen LogP contribution < -0.4 is 0 Å². The SMILES string of the molecule is CCOC(=O)C(C)N(C)CC(C)O. The first kappa shape index (κ1) is 12.4. The molecular formula is C9H19NO3. The van der Waals surface area contributed by atoms with Gasteiger partial charge in [-0.05, 0) is 27.8 Å². The van der Waals surface area contributed by atoms with Gasteiger partial charge < -0.3 is 9.84 Å². The van der Waals surface area contributed by atoms with Gasteiger partial charge >= 0.3 is 5.97 Å². The molecule has 0 fully saturated rings. The van der Waals surface area contributed by atoms with E-state index in [1.54, 1.807) is 32.7 Å². The van der Waals surface area contributed by atoms with Crippen LogP contribution in [0, 0.1) is 0 Å². The summed E-state index contributed by atoms with van der Waals surface area (Å²) in [5.41, 5.74) is 0. The number of rotatable bonds is 5. The number of nitrogens with zero attached hydrogens (tertiary/aromatic N) is 1. The predicted molar refractivity (Wildman–Crippen MR) is 50.4 cm³/mol. The zero-order valence-electron chi connectivity index (χ0n) is 8.78. The lowest BCUT2D eigenvalue weighted by Gasteiger charge is -2.23. The van der Waals surface area contributed by atoms with Crippen LogP contribution in [0.15, 0.2) is 0 Å². The molecule has 0 bridgehead atoms. The van der Waals surface area contributed by atoms with E-state index in [1.807, 2.05) is 0 Å². The summed E-state index contributed by atoms with van der Waals surface area (Å²) in [5, 5.41) is 9.09. The number of ether oxygens (including phenoxy) is 1. The normalized spacial score (nSPS) is 15.5. The van der Waals surface area contributed by atoms with Gasteiger partial charge in [0.15, 0.2) is 0 Å². The fourth-order valence-electron chi connectivity index (χ4n) is 1.02. The summed E-state index contributed by atoms with van der Waals surface area (Å²) in [6.07, 6.45) is -0.429. The minimum Gasteiger partial charge on any atom is -0.465 e. The average Bonchev–Trinajstić information content (AvgIpc) is 2.02. The minimum absolute atomic E-state index is 0.245. The number of esters is 1. The van der Waals surface area contributed by atoms with Crippen LogP contribution in [0.5, 0.6) is 0 Å². The molecule has 1 N–H and O–H groups in total. The zero-order chi connectivity index (χ0) is 10.4. The van der Waals surface area contributed by atoms with Gasteiger partial charge in [0, 0.05) is 6.54 Å². The molecule has 0 radical (unpaired) electrons. The first-order valence-electron chi connectivity index (χ1n) is 4.54. The summed E-state index contributed by atoms with van der Waals surface area (Å²) in [6, 6.07) is -0.297. The second kappa shape index (κ2) is 5.94. The van der Waals surface area contributed by atoms with Gasteiger partial charge in [-0.25, -0.2) is 0 Å². The third-order valence-corrected chi connectivity index (χ3v) is 1.84. The first-order valence-corrected chi connectivity index (χ1v) is 4.54. The second-order valence-corrected chi connectivity index (χ2v) is 3.22. The lowest BCUT2D eigenvalue weighted by Crippen LogP contribution is -2.40. The highest BCUT2D eigenvalue weighted by Gasteiger charge is 2.19. The van der Waals surface area contributed by atoms with Crippen molar-refractivity contribution in [1.29, 1.82) is 0 Å². The monoisotopic (exact) mass is 189 g/mol. The molecule has 4 nitrogen and oxygen atoms in total. The summed E-state index contributed by atoms with van der Waals surface area (Å²) in [7, 11) is 1.79. The van der Waals surface area contributed by atoms with E-state index in [4.69, 9.17) is 9.84 Å². The van der Waals surface area contributed by atoms with E-state index in [9.17, 15) is 4.79 Å². The van der Waals surface area contributed by atoms with E-state index < -0.39 is 6.10 Å². The Kier molecular flexibility index (Phi) is 5.66. The lowest BCUT2D eigenvalue weighted by molar-refractivity contribution is -0.148. The average molecular weight is 189 g/mol. The van der Waals surface area contributed by atoms with E-state index in [2.05, 4.69) is 0 Å². The number of hydrogen-bond donors (Lipinski definition) is 1. The van der Waals surface area contributed by atoms with Gasteiger partial charge in [0.05, 0.1) is 12.7 Å². The molecule has 0 aliphatic carbocycles. The van der Waals surface area contributed by atoms with Crippen molar-refractivity contribution in [2.75, 3.05) is 20.2 Å². The van der Waals surface area contributed by atoms with Crippen molar-refractivity contribution in [1.82, 2.24) is 4.90 Å². The second-order valence-electron chi connectivity index (χ2n) is 3.22. The van der Waals surface area contributed by atoms with Crippen LogP contribution in [0.25, 0.3) is 0 Å². The third-order valence-electron chi connectivity index (χ3n) is 1.84. The number of aliphatic hydroxyl groups is 1. The Morgan fingerprint density at radius 2 is 2.08 bits per heavy atom. The van der Waals surface area contributed by atoms with Crippen molar-refractivity contribution in [2.24, 2.45) is 0 Å². The highest BCUT2D eigenvalue weighted by Crippen LogP contribution is 1.99. The topological polar surface area (TPSA) is 49.8 Å². The summed E-state index contributed by atoms with van der Waals surface area (Å²) in [6.45, 7) is 6.10. The van der Waals surface area contributed by atoms with Crippen LogP contribution in [-0.4, -0.2) is 48.3 Å². The van der Waals surface area contributed by atoms with Crippen LogP contribution in [0.4, 0.5) is 0 Å². The molecule has 0 aromatic rings. The number of likely N-dealkylation sites (N-methyl/N-ethyl adjacent to an activating group) is 1. The zero-order valence-corrected chi connectivity index (χ0v) is 8.78. The van der Waals surface area contributed by atoms with E-state index in [0.717, 1.165) is 0 Å². The molecule has 0 aliphatic rings. The number of hydrogen-bond acceptors (Lipinski definition) is 4. The Morgan fingerprint density at radius 3 is 2.46 bits per heavy atom. The van der Waals surface area contributed by atoms with Gasteiger partial charge in [0.25, 0.3) is 0 Å². The smallest absolute Gasteiger partial charge is 0.323 e. The van der Waals surface area contributed by atoms with Crippen molar-refractivity contribution in [3.05, 3.63) is 0 Å². The molecule has 0 heterocycles. The van der Waals surface area contributed by atoms with Crippen LogP contribution in [0.3, 0.4) is 0 Å². The molecule has 0 amide bonds. The maximum Gasteiger partial charge on any atom is 0.323 e. The predicted octanol–water partition coefficient (Wildman–Crippen LogP) is 0.251. The highest BCUT2D eigenvalue weighted by atomic mass is 16.5. The van der Waals surface area contributed by atoms with Crippen LogP contribution in [0.1, 0.15) is 20.8 Å². The summed E-state index contributed by atoms with van der Waals surface area (Å²) >= 11 is 0. The van der Waals surface area contributed by atoms with Gasteiger partial charge in [-0.2, -0.15) is 0 Å². The Balaban J connectivity index is 3.93. The first-order chi connectivity index (χ1) is 5.99. The Labute approximate surface area is 79.5 Å². The van der Waals surface area contributed by atoms with Gasteiger partial charge in [-0.15, -0.1) is 0 Å². The molecule has 13 heavy (non-hydrogen) atoms. The van der Waals surface area contributed by atoms with E-state index in [1.165, 1.54) is 0 Å². The molecule has 0 rings (SSSR count). The molecule has 0 spiro atoms. The van der Waals surface area contributed by atoms with Crippen molar-refractivity contribution in [2.45, 2.75) is 32.9 Å². The number of aliphatic hydroxyl groups excluding tert-OH is 1. The van der Waals surface area contributed by atoms with Gasteiger partial charge in [-0.1, -0.05) is 0 Å². The molecule has 78 valence electrons. The van der Waals surface area contributed by atoms with E-state index >= 15 is 0 Å². The highest BCUT2D eigenvalue weighted by molar-refractivity contribution is 5.75. The number of carbonyl (C=O) groups is 1. The Morgan fingerprint density at radius 1 is 1.54 bits per heavy atom. The van der Waals surface area contributed by atoms with Crippen molar-refractivity contribution >= 4 is 5.97 Å². The molecule has 0 aliphatic heterocycles. The Bertz CT molecular complexity index is 159.